The molecule has 2 aromatic carbocycles. The lowest BCUT2D eigenvalue weighted by atomic mass is 9.73. The third-order valence-electron chi connectivity index (χ3n) is 5.77. The highest BCUT2D eigenvalue weighted by atomic mass is 19.1. The fourth-order valence-corrected chi connectivity index (χ4v) is 4.50. The summed E-state index contributed by atoms with van der Waals surface area (Å²) in [7, 11) is 0. The van der Waals surface area contributed by atoms with Crippen LogP contribution in [0.15, 0.2) is 59.8 Å². The summed E-state index contributed by atoms with van der Waals surface area (Å²) in [6.07, 6.45) is 1.18. The fraction of sp³-hybridized carbons (Fsp3) is 0.292. The number of anilines is 1. The van der Waals surface area contributed by atoms with Crippen LogP contribution in [-0.2, 0) is 4.79 Å². The van der Waals surface area contributed by atoms with Gasteiger partial charge in [0.05, 0.1) is 0 Å². The fourth-order valence-electron chi connectivity index (χ4n) is 4.50. The minimum absolute atomic E-state index is 0.0706. The molecule has 0 fully saturated rings. The van der Waals surface area contributed by atoms with Gasteiger partial charge in [-0.15, -0.1) is 5.10 Å². The largest absolute Gasteiger partial charge is 0.328 e. The van der Waals surface area contributed by atoms with Crippen molar-refractivity contribution in [3.8, 4) is 11.4 Å². The monoisotopic (exact) mass is 402 g/mol. The quantitative estimate of drug-likeness (QED) is 0.652. The summed E-state index contributed by atoms with van der Waals surface area (Å²) >= 11 is 0. The number of carbonyl (C=O) groups is 1. The summed E-state index contributed by atoms with van der Waals surface area (Å²) < 4.78 is 15.8. The van der Waals surface area contributed by atoms with Crippen LogP contribution in [0.2, 0.25) is 0 Å². The maximum absolute atomic E-state index is 14.1. The van der Waals surface area contributed by atoms with Gasteiger partial charge in [-0.2, -0.15) is 4.98 Å². The zero-order chi connectivity index (χ0) is 21.0. The van der Waals surface area contributed by atoms with Gasteiger partial charge in [0.1, 0.15) is 11.9 Å². The standard InChI is InChI=1S/C24H23FN4O/c1-14-6-4-8-16(10-14)22-27-23-26-18-12-24(2,3)13-19(30)20(18)21(29(23)28-22)15-7-5-9-17(25)11-15/h4-11,21H,12-13H2,1-3H3,(H,26,27,28). The van der Waals surface area contributed by atoms with Gasteiger partial charge in [-0.3, -0.25) is 4.79 Å². The minimum atomic E-state index is -0.499. The van der Waals surface area contributed by atoms with Crippen LogP contribution in [0.25, 0.3) is 11.4 Å². The van der Waals surface area contributed by atoms with Crippen molar-refractivity contribution in [1.82, 2.24) is 14.8 Å². The maximum Gasteiger partial charge on any atom is 0.226 e. The molecule has 2 heterocycles. The number of fused-ring (bicyclic) bond motifs is 1. The highest BCUT2D eigenvalue weighted by Gasteiger charge is 2.42. The number of rotatable bonds is 2. The van der Waals surface area contributed by atoms with Crippen molar-refractivity contribution in [1.29, 1.82) is 0 Å². The van der Waals surface area contributed by atoms with Crippen LogP contribution < -0.4 is 5.32 Å². The van der Waals surface area contributed by atoms with Crippen molar-refractivity contribution >= 4 is 11.7 Å². The molecule has 0 saturated heterocycles. The van der Waals surface area contributed by atoms with E-state index in [2.05, 4.69) is 19.2 Å². The second-order valence-corrected chi connectivity index (χ2v) is 8.99. The number of Topliss-reactive ketones (excluding diaryl/α,β-unsaturated/α-hetero) is 1. The van der Waals surface area contributed by atoms with Crippen LogP contribution in [0.5, 0.6) is 0 Å². The van der Waals surface area contributed by atoms with Crippen molar-refractivity contribution in [2.45, 2.75) is 39.7 Å². The predicted molar refractivity (Wildman–Crippen MR) is 113 cm³/mol. The van der Waals surface area contributed by atoms with Crippen LogP contribution in [0.4, 0.5) is 10.3 Å². The second kappa shape index (κ2) is 6.62. The molecule has 6 heteroatoms. The van der Waals surface area contributed by atoms with Crippen LogP contribution >= 0.6 is 0 Å². The average molecular weight is 402 g/mol. The number of aromatic nitrogens is 3. The first-order chi connectivity index (χ1) is 14.3. The minimum Gasteiger partial charge on any atom is -0.328 e. The lowest BCUT2D eigenvalue weighted by Crippen LogP contribution is -2.36. The van der Waals surface area contributed by atoms with Gasteiger partial charge in [0, 0.05) is 23.3 Å². The first-order valence-electron chi connectivity index (χ1n) is 10.1. The van der Waals surface area contributed by atoms with Crippen molar-refractivity contribution in [2.24, 2.45) is 5.41 Å². The molecule has 0 radical (unpaired) electrons. The predicted octanol–water partition coefficient (Wildman–Crippen LogP) is 5.05. The van der Waals surface area contributed by atoms with E-state index < -0.39 is 6.04 Å². The van der Waals surface area contributed by atoms with Crippen molar-refractivity contribution in [3.05, 3.63) is 76.7 Å². The van der Waals surface area contributed by atoms with E-state index in [4.69, 9.17) is 10.1 Å². The number of ketones is 1. The number of carbonyl (C=O) groups excluding carboxylic acids is 1. The summed E-state index contributed by atoms with van der Waals surface area (Å²) in [5, 5.41) is 8.10. The molecule has 1 aromatic heterocycles. The Morgan fingerprint density at radius 2 is 1.93 bits per heavy atom. The van der Waals surface area contributed by atoms with Gasteiger partial charge in [-0.05, 0) is 42.5 Å². The number of hydrogen-bond acceptors (Lipinski definition) is 4. The molecule has 0 amide bonds. The SMILES string of the molecule is Cc1cccc(-c2nc3n(n2)C(c2cccc(F)c2)C2=C(CC(C)(C)CC2=O)N3)c1. The van der Waals surface area contributed by atoms with Gasteiger partial charge in [0.25, 0.3) is 0 Å². The smallest absolute Gasteiger partial charge is 0.226 e. The molecule has 30 heavy (non-hydrogen) atoms. The van der Waals surface area contributed by atoms with Gasteiger partial charge in [-0.1, -0.05) is 49.7 Å². The molecule has 152 valence electrons. The summed E-state index contributed by atoms with van der Waals surface area (Å²) in [4.78, 5) is 17.9. The molecule has 5 nitrogen and oxygen atoms in total. The zero-order valence-electron chi connectivity index (χ0n) is 17.2. The number of benzene rings is 2. The third-order valence-corrected chi connectivity index (χ3v) is 5.77. The average Bonchev–Trinajstić information content (AvgIpc) is 3.09. The number of aryl methyl sites for hydroxylation is 1. The van der Waals surface area contributed by atoms with Crippen LogP contribution in [0, 0.1) is 18.2 Å². The van der Waals surface area contributed by atoms with Crippen LogP contribution in [0.1, 0.15) is 43.9 Å². The van der Waals surface area contributed by atoms with E-state index in [1.165, 1.54) is 12.1 Å². The first kappa shape index (κ1) is 18.7. The van der Waals surface area contributed by atoms with Gasteiger partial charge < -0.3 is 5.32 Å². The molecule has 0 saturated carbocycles. The van der Waals surface area contributed by atoms with Crippen LogP contribution in [-0.4, -0.2) is 20.5 Å². The molecule has 5 rings (SSSR count). The molecule has 1 aliphatic heterocycles. The number of nitrogens with zero attached hydrogens (tertiary/aromatic N) is 3. The van der Waals surface area contributed by atoms with E-state index in [1.54, 1.807) is 10.7 Å². The number of nitrogens with one attached hydrogen (secondary N) is 1. The Morgan fingerprint density at radius 3 is 2.70 bits per heavy atom. The molecule has 1 aliphatic carbocycles. The molecule has 0 bridgehead atoms. The Balaban J connectivity index is 1.69. The van der Waals surface area contributed by atoms with E-state index in [1.807, 2.05) is 37.3 Å². The Kier molecular flexibility index (Phi) is 4.13. The number of halogens is 1. The second-order valence-electron chi connectivity index (χ2n) is 8.99. The third kappa shape index (κ3) is 3.12. The Labute approximate surface area is 174 Å². The van der Waals surface area contributed by atoms with Gasteiger partial charge in [-0.25, -0.2) is 9.07 Å². The van der Waals surface area contributed by atoms with E-state index in [-0.39, 0.29) is 17.0 Å². The van der Waals surface area contributed by atoms with E-state index in [0.717, 1.165) is 23.2 Å². The van der Waals surface area contributed by atoms with E-state index in [0.29, 0.717) is 29.3 Å². The molecule has 2 aliphatic rings. The van der Waals surface area contributed by atoms with Gasteiger partial charge in [0.15, 0.2) is 11.6 Å². The van der Waals surface area contributed by atoms with Crippen molar-refractivity contribution in [2.75, 3.05) is 5.32 Å². The summed E-state index contributed by atoms with van der Waals surface area (Å²) in [5.74, 6) is 0.887. The lowest BCUT2D eigenvalue weighted by Gasteiger charge is -2.38. The molecular formula is C24H23FN4O. The normalized spacial score (nSPS) is 19.9. The van der Waals surface area contributed by atoms with Crippen LogP contribution in [0.3, 0.4) is 0 Å². The molecule has 3 aromatic rings. The number of hydrogen-bond donors (Lipinski definition) is 1. The molecule has 1 atom stereocenters. The van der Waals surface area contributed by atoms with Gasteiger partial charge in [0.2, 0.25) is 5.95 Å². The Hall–Kier alpha value is -3.28. The molecule has 1 unspecified atom stereocenters. The molecule has 1 N–H and O–H groups in total. The van der Waals surface area contributed by atoms with Crippen molar-refractivity contribution in [3.63, 3.8) is 0 Å². The summed E-state index contributed by atoms with van der Waals surface area (Å²) in [6.45, 7) is 6.20. The van der Waals surface area contributed by atoms with Crippen molar-refractivity contribution < 1.29 is 9.18 Å². The Morgan fingerprint density at radius 1 is 1.13 bits per heavy atom. The van der Waals surface area contributed by atoms with Gasteiger partial charge >= 0.3 is 0 Å². The maximum atomic E-state index is 14.1. The topological polar surface area (TPSA) is 59.8 Å². The molecule has 0 spiro atoms. The lowest BCUT2D eigenvalue weighted by molar-refractivity contribution is -0.118. The first-order valence-corrected chi connectivity index (χ1v) is 10.1. The highest BCUT2D eigenvalue weighted by molar-refractivity contribution is 6.00. The highest BCUT2D eigenvalue weighted by Crippen LogP contribution is 2.45. The van der Waals surface area contributed by atoms with E-state index in [9.17, 15) is 9.18 Å². The Bertz CT molecular complexity index is 1210. The number of allylic oxidation sites excluding steroid dienone is 2. The summed E-state index contributed by atoms with van der Waals surface area (Å²) in [6, 6.07) is 13.9. The van der Waals surface area contributed by atoms with E-state index >= 15 is 0 Å². The molecular weight excluding hydrogens is 379 g/mol. The summed E-state index contributed by atoms with van der Waals surface area (Å²) in [5.41, 5.74) is 4.09. The zero-order valence-corrected chi connectivity index (χ0v) is 17.2.